The zero-order valence-corrected chi connectivity index (χ0v) is 12.3. The van der Waals surface area contributed by atoms with E-state index < -0.39 is 10.0 Å². The topological polar surface area (TPSA) is 89.7 Å². The molecular weight excluding hydrogens is 280 g/mol. The smallest absolute Gasteiger partial charge is 0.238 e. The summed E-state index contributed by atoms with van der Waals surface area (Å²) in [5.74, 6) is 0.423. The molecule has 1 aromatic carbocycles. The summed E-state index contributed by atoms with van der Waals surface area (Å²) < 4.78 is 27.9. The van der Waals surface area contributed by atoms with E-state index in [2.05, 4.69) is 0 Å². The molecule has 1 aliphatic carbocycles. The number of hydrogen-bond donors (Lipinski definition) is 1. The first-order chi connectivity index (χ1) is 9.32. The van der Waals surface area contributed by atoms with Crippen LogP contribution in [0.3, 0.4) is 0 Å². The first-order valence-electron chi connectivity index (χ1n) is 6.28. The molecule has 2 rings (SSSR count). The summed E-state index contributed by atoms with van der Waals surface area (Å²) in [4.78, 5) is 13.8. The lowest BCUT2D eigenvalue weighted by Crippen LogP contribution is -2.30. The van der Waals surface area contributed by atoms with Gasteiger partial charge in [-0.15, -0.1) is 0 Å². The minimum atomic E-state index is -3.79. The van der Waals surface area contributed by atoms with Crippen LogP contribution in [0.25, 0.3) is 0 Å². The molecule has 20 heavy (non-hydrogen) atoms. The Kier molecular flexibility index (Phi) is 4.01. The minimum absolute atomic E-state index is 0.0184. The van der Waals surface area contributed by atoms with E-state index in [0.717, 1.165) is 12.8 Å². The fourth-order valence-electron chi connectivity index (χ4n) is 2.02. The SMILES string of the molecule is COc1ccc(S(N)(=O)=O)cc1CC(=O)N(C)C1CC1. The Morgan fingerprint density at radius 2 is 2.10 bits per heavy atom. The predicted octanol–water partition coefficient (Wildman–Crippen LogP) is 0.506. The summed E-state index contributed by atoms with van der Waals surface area (Å²) >= 11 is 0. The van der Waals surface area contributed by atoms with E-state index in [9.17, 15) is 13.2 Å². The number of rotatable bonds is 5. The summed E-state index contributed by atoms with van der Waals surface area (Å²) in [5, 5.41) is 5.10. The van der Waals surface area contributed by atoms with Crippen molar-refractivity contribution in [2.75, 3.05) is 14.2 Å². The number of primary sulfonamides is 1. The number of carbonyl (C=O) groups is 1. The maximum Gasteiger partial charge on any atom is 0.238 e. The maximum atomic E-state index is 12.1. The van der Waals surface area contributed by atoms with E-state index in [1.165, 1.54) is 25.3 Å². The predicted molar refractivity (Wildman–Crippen MR) is 73.9 cm³/mol. The van der Waals surface area contributed by atoms with Crippen LogP contribution in [0.1, 0.15) is 18.4 Å². The molecule has 0 aliphatic heterocycles. The van der Waals surface area contributed by atoms with Crippen LogP contribution in [0.2, 0.25) is 0 Å². The Hall–Kier alpha value is -1.60. The third-order valence-electron chi connectivity index (χ3n) is 3.41. The van der Waals surface area contributed by atoms with E-state index in [0.29, 0.717) is 17.4 Å². The molecule has 0 unspecified atom stereocenters. The second-order valence-corrected chi connectivity index (χ2v) is 6.49. The quantitative estimate of drug-likeness (QED) is 0.857. The van der Waals surface area contributed by atoms with Crippen molar-refractivity contribution in [3.8, 4) is 5.75 Å². The molecule has 7 heteroatoms. The number of nitrogens with two attached hydrogens (primary N) is 1. The molecular formula is C13H18N2O4S. The first-order valence-corrected chi connectivity index (χ1v) is 7.83. The fraction of sp³-hybridized carbons (Fsp3) is 0.462. The number of amides is 1. The third-order valence-corrected chi connectivity index (χ3v) is 4.32. The summed E-state index contributed by atoms with van der Waals surface area (Å²) in [5.41, 5.74) is 0.525. The highest BCUT2D eigenvalue weighted by Crippen LogP contribution is 2.27. The van der Waals surface area contributed by atoms with Gasteiger partial charge in [0.2, 0.25) is 15.9 Å². The lowest BCUT2D eigenvalue weighted by molar-refractivity contribution is -0.129. The summed E-state index contributed by atoms with van der Waals surface area (Å²) in [6.07, 6.45) is 2.15. The standard InChI is InChI=1S/C13H18N2O4S/c1-15(10-3-4-10)13(16)8-9-7-11(20(14,17)18)5-6-12(9)19-2/h5-7,10H,3-4,8H2,1-2H3,(H2,14,17,18). The normalized spacial score (nSPS) is 14.9. The molecule has 0 heterocycles. The Bertz CT molecular complexity index is 623. The largest absolute Gasteiger partial charge is 0.496 e. The molecule has 6 nitrogen and oxygen atoms in total. The van der Waals surface area contributed by atoms with E-state index in [4.69, 9.17) is 9.88 Å². The van der Waals surface area contributed by atoms with Crippen molar-refractivity contribution in [1.82, 2.24) is 4.90 Å². The van der Waals surface area contributed by atoms with Gasteiger partial charge < -0.3 is 9.64 Å². The average Bonchev–Trinajstić information content (AvgIpc) is 3.20. The zero-order valence-electron chi connectivity index (χ0n) is 11.5. The number of sulfonamides is 1. The lowest BCUT2D eigenvalue weighted by atomic mass is 10.1. The van der Waals surface area contributed by atoms with Gasteiger partial charge in [0.25, 0.3) is 0 Å². The second kappa shape index (κ2) is 5.41. The molecule has 1 amide bonds. The number of ether oxygens (including phenoxy) is 1. The van der Waals surface area contributed by atoms with Crippen molar-refractivity contribution in [3.05, 3.63) is 23.8 Å². The van der Waals surface area contributed by atoms with Gasteiger partial charge in [0, 0.05) is 18.7 Å². The van der Waals surface area contributed by atoms with Gasteiger partial charge in [-0.05, 0) is 31.0 Å². The van der Waals surface area contributed by atoms with Crippen LogP contribution < -0.4 is 9.88 Å². The molecule has 1 aromatic rings. The molecule has 0 saturated heterocycles. The number of carbonyl (C=O) groups excluding carboxylic acids is 1. The Labute approximate surface area is 118 Å². The molecule has 1 fully saturated rings. The van der Waals surface area contributed by atoms with E-state index in [-0.39, 0.29) is 17.2 Å². The highest BCUT2D eigenvalue weighted by Gasteiger charge is 2.29. The van der Waals surface area contributed by atoms with Crippen molar-refractivity contribution in [1.29, 1.82) is 0 Å². The van der Waals surface area contributed by atoms with Crippen LogP contribution in [0.15, 0.2) is 23.1 Å². The Morgan fingerprint density at radius 3 is 2.60 bits per heavy atom. The third kappa shape index (κ3) is 3.29. The van der Waals surface area contributed by atoms with Crippen LogP contribution in [0.4, 0.5) is 0 Å². The summed E-state index contributed by atoms with van der Waals surface area (Å²) in [7, 11) is -0.554. The molecule has 0 aromatic heterocycles. The average molecular weight is 298 g/mol. The van der Waals surface area contributed by atoms with Crippen molar-refractivity contribution in [2.24, 2.45) is 5.14 Å². The molecule has 1 aliphatic rings. The summed E-state index contributed by atoms with van der Waals surface area (Å²) in [6.45, 7) is 0. The Balaban J connectivity index is 2.26. The van der Waals surface area contributed by atoms with Crippen LogP contribution in [-0.2, 0) is 21.2 Å². The minimum Gasteiger partial charge on any atom is -0.496 e. The van der Waals surface area contributed by atoms with Gasteiger partial charge >= 0.3 is 0 Å². The molecule has 110 valence electrons. The van der Waals surface area contributed by atoms with Gasteiger partial charge in [0.05, 0.1) is 18.4 Å². The fourth-order valence-corrected chi connectivity index (χ4v) is 2.59. The van der Waals surface area contributed by atoms with Gasteiger partial charge in [0.15, 0.2) is 0 Å². The summed E-state index contributed by atoms with van der Waals surface area (Å²) in [6, 6.07) is 4.59. The number of likely N-dealkylation sites (N-methyl/N-ethyl adjacent to an activating group) is 1. The van der Waals surface area contributed by atoms with Crippen LogP contribution in [0.5, 0.6) is 5.75 Å². The van der Waals surface area contributed by atoms with Crippen LogP contribution >= 0.6 is 0 Å². The van der Waals surface area contributed by atoms with E-state index in [1.54, 1.807) is 11.9 Å². The molecule has 0 atom stereocenters. The van der Waals surface area contributed by atoms with Crippen molar-refractivity contribution in [2.45, 2.75) is 30.2 Å². The molecule has 0 bridgehead atoms. The van der Waals surface area contributed by atoms with E-state index in [1.807, 2.05) is 0 Å². The van der Waals surface area contributed by atoms with Crippen LogP contribution in [0, 0.1) is 0 Å². The van der Waals surface area contributed by atoms with Gasteiger partial charge in [-0.2, -0.15) is 0 Å². The molecule has 0 radical (unpaired) electrons. The number of methoxy groups -OCH3 is 1. The van der Waals surface area contributed by atoms with Crippen molar-refractivity contribution >= 4 is 15.9 Å². The number of benzene rings is 1. The maximum absolute atomic E-state index is 12.1. The van der Waals surface area contributed by atoms with Crippen molar-refractivity contribution < 1.29 is 17.9 Å². The second-order valence-electron chi connectivity index (χ2n) is 4.93. The van der Waals surface area contributed by atoms with Crippen LogP contribution in [-0.4, -0.2) is 39.4 Å². The molecule has 1 saturated carbocycles. The highest BCUT2D eigenvalue weighted by molar-refractivity contribution is 7.89. The molecule has 2 N–H and O–H groups in total. The van der Waals surface area contributed by atoms with Gasteiger partial charge in [-0.25, -0.2) is 13.6 Å². The molecule has 0 spiro atoms. The Morgan fingerprint density at radius 1 is 1.45 bits per heavy atom. The van der Waals surface area contributed by atoms with Gasteiger partial charge in [-0.3, -0.25) is 4.79 Å². The van der Waals surface area contributed by atoms with Crippen molar-refractivity contribution in [3.63, 3.8) is 0 Å². The number of nitrogens with zero attached hydrogens (tertiary/aromatic N) is 1. The van der Waals surface area contributed by atoms with Gasteiger partial charge in [-0.1, -0.05) is 0 Å². The first kappa shape index (κ1) is 14.8. The highest BCUT2D eigenvalue weighted by atomic mass is 32.2. The van der Waals surface area contributed by atoms with Gasteiger partial charge in [0.1, 0.15) is 5.75 Å². The monoisotopic (exact) mass is 298 g/mol. The zero-order chi connectivity index (χ0) is 14.9. The number of hydrogen-bond acceptors (Lipinski definition) is 4. The van der Waals surface area contributed by atoms with E-state index >= 15 is 0 Å². The lowest BCUT2D eigenvalue weighted by Gasteiger charge is -2.17.